The highest BCUT2D eigenvalue weighted by Crippen LogP contribution is 2.42. The number of halogens is 1. The van der Waals surface area contributed by atoms with Crippen molar-refractivity contribution in [1.82, 2.24) is 9.97 Å². The van der Waals surface area contributed by atoms with Gasteiger partial charge in [-0.2, -0.15) is 0 Å². The van der Waals surface area contributed by atoms with Crippen LogP contribution >= 0.6 is 0 Å². The Labute approximate surface area is 169 Å². The molecule has 3 aromatic rings. The molecule has 8 heteroatoms. The molecule has 0 amide bonds. The fourth-order valence-corrected chi connectivity index (χ4v) is 3.77. The second kappa shape index (κ2) is 6.88. The van der Waals surface area contributed by atoms with Crippen LogP contribution in [-0.2, 0) is 9.71 Å². The minimum Gasteiger partial charge on any atom is -0.485 e. The fourth-order valence-electron chi connectivity index (χ4n) is 3.15. The maximum Gasteiger partial charge on any atom is 0.146 e. The molecule has 1 atom stereocenters. The first kappa shape index (κ1) is 19.4. The second-order valence-corrected chi connectivity index (χ2v) is 10.0. The Morgan fingerprint density at radius 3 is 2.69 bits per heavy atom. The van der Waals surface area contributed by atoms with Gasteiger partial charge in [-0.15, -0.1) is 0 Å². The highest BCUT2D eigenvalue weighted by Gasteiger charge is 2.40. The monoisotopic (exact) mass is 414 g/mol. The van der Waals surface area contributed by atoms with E-state index in [0.29, 0.717) is 28.5 Å². The molecule has 4 rings (SSSR count). The van der Waals surface area contributed by atoms with Crippen molar-refractivity contribution in [3.63, 3.8) is 0 Å². The number of aromatic nitrogens is 2. The van der Waals surface area contributed by atoms with Gasteiger partial charge in [-0.3, -0.25) is 0 Å². The normalized spacial score (nSPS) is 16.8. The molecule has 0 radical (unpaired) electrons. The van der Waals surface area contributed by atoms with Crippen LogP contribution in [0.15, 0.2) is 36.7 Å². The van der Waals surface area contributed by atoms with Crippen LogP contribution in [0.3, 0.4) is 0 Å². The summed E-state index contributed by atoms with van der Waals surface area (Å²) in [6.07, 6.45) is 4.88. The van der Waals surface area contributed by atoms with E-state index in [-0.39, 0.29) is 11.4 Å². The minimum atomic E-state index is -2.40. The van der Waals surface area contributed by atoms with Crippen LogP contribution in [0.25, 0.3) is 10.9 Å². The van der Waals surface area contributed by atoms with E-state index in [1.54, 1.807) is 12.1 Å². The van der Waals surface area contributed by atoms with Gasteiger partial charge in [-0.1, -0.05) is 0 Å². The molecular formula is C21H23FN4O2S. The van der Waals surface area contributed by atoms with Crippen molar-refractivity contribution in [2.75, 3.05) is 16.3 Å². The van der Waals surface area contributed by atoms with Crippen LogP contribution in [0.1, 0.15) is 25.3 Å². The third kappa shape index (κ3) is 4.42. The Balaban J connectivity index is 1.74. The Morgan fingerprint density at radius 1 is 1.24 bits per heavy atom. The smallest absolute Gasteiger partial charge is 0.146 e. The van der Waals surface area contributed by atoms with E-state index >= 15 is 0 Å². The average molecular weight is 415 g/mol. The zero-order chi connectivity index (χ0) is 20.8. The lowest BCUT2D eigenvalue weighted by molar-refractivity contribution is 0.201. The maximum absolute atomic E-state index is 13.8. The lowest BCUT2D eigenvalue weighted by Gasteiger charge is -2.18. The van der Waals surface area contributed by atoms with Crippen LogP contribution in [0, 0.1) is 12.7 Å². The summed E-state index contributed by atoms with van der Waals surface area (Å²) >= 11 is 0. The number of anilines is 3. The van der Waals surface area contributed by atoms with E-state index in [2.05, 4.69) is 25.9 Å². The molecule has 1 heterocycles. The Morgan fingerprint density at radius 2 is 2.00 bits per heavy atom. The molecule has 1 unspecified atom stereocenters. The molecule has 2 aromatic carbocycles. The zero-order valence-corrected chi connectivity index (χ0v) is 17.4. The number of ether oxygens (including phenoxy) is 1. The lowest BCUT2D eigenvalue weighted by atomic mass is 10.1. The molecule has 0 aliphatic heterocycles. The summed E-state index contributed by atoms with van der Waals surface area (Å²) in [6, 6.07) is 8.09. The Bertz CT molecular complexity index is 1210. The average Bonchev–Trinajstić information content (AvgIpc) is 3.32. The largest absolute Gasteiger partial charge is 0.485 e. The number of nitrogens with zero attached hydrogens (tertiary/aromatic N) is 2. The SMILES string of the molecule is C=S(C)(=O)Nc1cc(C)c2c(Nc3ccc(F)cc3OC3(C)CC3)ncnc2c1. The third-order valence-corrected chi connectivity index (χ3v) is 5.44. The van der Waals surface area contributed by atoms with Gasteiger partial charge >= 0.3 is 0 Å². The standard InChI is InChI=1S/C21H23FN4O2S/c1-13-9-15(26-29(3,4)27)11-17-19(13)20(24-12-23-17)25-16-6-5-14(22)10-18(16)28-21(2)7-8-21/h5-6,9-12H,3,7-8H2,1-2,4H3,(H,26,27)(H,23,24,25). The van der Waals surface area contributed by atoms with E-state index in [0.717, 1.165) is 23.8 Å². The molecule has 0 saturated heterocycles. The van der Waals surface area contributed by atoms with Crippen LogP contribution in [0.2, 0.25) is 0 Å². The summed E-state index contributed by atoms with van der Waals surface area (Å²) in [4.78, 5) is 8.73. The molecule has 1 aliphatic rings. The molecule has 0 spiro atoms. The van der Waals surface area contributed by atoms with E-state index in [1.807, 2.05) is 19.9 Å². The Kier molecular flexibility index (Phi) is 4.61. The minimum absolute atomic E-state index is 0.240. The van der Waals surface area contributed by atoms with Gasteiger partial charge in [0.25, 0.3) is 0 Å². The molecule has 1 aliphatic carbocycles. The van der Waals surface area contributed by atoms with Crippen molar-refractivity contribution in [1.29, 1.82) is 0 Å². The summed E-state index contributed by atoms with van der Waals surface area (Å²) in [6.45, 7) is 3.94. The van der Waals surface area contributed by atoms with Gasteiger partial charge in [0.1, 0.15) is 29.3 Å². The molecular weight excluding hydrogens is 391 g/mol. The highest BCUT2D eigenvalue weighted by atomic mass is 32.2. The predicted molar refractivity (Wildman–Crippen MR) is 117 cm³/mol. The van der Waals surface area contributed by atoms with Crippen LogP contribution in [0.5, 0.6) is 5.75 Å². The predicted octanol–water partition coefficient (Wildman–Crippen LogP) is 4.43. The fraction of sp³-hybridized carbons (Fsp3) is 0.286. The molecule has 1 aromatic heterocycles. The highest BCUT2D eigenvalue weighted by molar-refractivity contribution is 8.00. The van der Waals surface area contributed by atoms with Gasteiger partial charge in [0.05, 0.1) is 11.2 Å². The van der Waals surface area contributed by atoms with Crippen molar-refractivity contribution >= 4 is 43.7 Å². The van der Waals surface area contributed by atoms with E-state index in [1.165, 1.54) is 24.7 Å². The van der Waals surface area contributed by atoms with Crippen molar-refractivity contribution in [2.24, 2.45) is 0 Å². The van der Waals surface area contributed by atoms with Crippen LogP contribution in [-0.4, -0.2) is 31.9 Å². The van der Waals surface area contributed by atoms with Crippen LogP contribution < -0.4 is 14.8 Å². The molecule has 0 bridgehead atoms. The summed E-state index contributed by atoms with van der Waals surface area (Å²) in [5.41, 5.74) is 2.66. The van der Waals surface area contributed by atoms with Gasteiger partial charge < -0.3 is 14.8 Å². The number of benzene rings is 2. The molecule has 2 N–H and O–H groups in total. The van der Waals surface area contributed by atoms with Crippen molar-refractivity contribution in [3.8, 4) is 5.75 Å². The third-order valence-electron chi connectivity index (χ3n) is 4.78. The van der Waals surface area contributed by atoms with Crippen molar-refractivity contribution in [2.45, 2.75) is 32.3 Å². The van der Waals surface area contributed by atoms with Gasteiger partial charge in [0.2, 0.25) is 0 Å². The molecule has 29 heavy (non-hydrogen) atoms. The van der Waals surface area contributed by atoms with Crippen LogP contribution in [0.4, 0.5) is 21.6 Å². The second-order valence-electron chi connectivity index (χ2n) is 7.83. The van der Waals surface area contributed by atoms with Crippen molar-refractivity contribution in [3.05, 3.63) is 48.0 Å². The first-order valence-electron chi connectivity index (χ1n) is 9.23. The number of nitrogens with one attached hydrogen (secondary N) is 2. The first-order valence-corrected chi connectivity index (χ1v) is 11.4. The first-order chi connectivity index (χ1) is 13.6. The van der Waals surface area contributed by atoms with E-state index in [9.17, 15) is 8.60 Å². The maximum atomic E-state index is 13.8. The van der Waals surface area contributed by atoms with Gasteiger partial charge in [-0.05, 0) is 62.4 Å². The quantitative estimate of drug-likeness (QED) is 0.584. The number of fused-ring (bicyclic) bond motifs is 1. The van der Waals surface area contributed by atoms with Gasteiger partial charge in [0, 0.05) is 33.1 Å². The molecule has 1 fully saturated rings. The molecule has 152 valence electrons. The summed E-state index contributed by atoms with van der Waals surface area (Å²) in [5.74, 6) is 4.31. The molecule has 1 saturated carbocycles. The Hall–Kier alpha value is -2.87. The summed E-state index contributed by atoms with van der Waals surface area (Å²) in [5, 5.41) is 4.09. The summed E-state index contributed by atoms with van der Waals surface area (Å²) < 4.78 is 34.7. The van der Waals surface area contributed by atoms with Gasteiger partial charge in [-0.25, -0.2) is 18.6 Å². The summed E-state index contributed by atoms with van der Waals surface area (Å²) in [7, 11) is -2.40. The number of hydrogen-bond acceptors (Lipinski definition) is 5. The lowest BCUT2D eigenvalue weighted by Crippen LogP contribution is -2.13. The van der Waals surface area contributed by atoms with E-state index < -0.39 is 9.71 Å². The zero-order valence-electron chi connectivity index (χ0n) is 16.6. The molecule has 6 nitrogen and oxygen atoms in total. The van der Waals surface area contributed by atoms with Crippen molar-refractivity contribution < 1.29 is 13.3 Å². The number of aryl methyl sites for hydroxylation is 1. The topological polar surface area (TPSA) is 76.1 Å². The number of hydrogen-bond donors (Lipinski definition) is 2. The van der Waals surface area contributed by atoms with E-state index in [4.69, 9.17) is 4.74 Å². The number of rotatable bonds is 6. The van der Waals surface area contributed by atoms with Gasteiger partial charge in [0.15, 0.2) is 0 Å².